The number of amides is 1. The number of sulfone groups is 1. The third-order valence-electron chi connectivity index (χ3n) is 8.05. The van der Waals surface area contributed by atoms with Crippen LogP contribution >= 0.6 is 0 Å². The van der Waals surface area contributed by atoms with Crippen molar-refractivity contribution in [3.8, 4) is 5.75 Å². The number of alkyl halides is 3. The second kappa shape index (κ2) is 13.1. The number of anilines is 2. The second-order valence-electron chi connectivity index (χ2n) is 11.4. The summed E-state index contributed by atoms with van der Waals surface area (Å²) >= 11 is 0. The number of benzene rings is 1. The van der Waals surface area contributed by atoms with Gasteiger partial charge in [0.2, 0.25) is 5.95 Å². The van der Waals surface area contributed by atoms with Crippen molar-refractivity contribution >= 4 is 27.4 Å². The molecule has 1 aromatic heterocycles. The van der Waals surface area contributed by atoms with Crippen LogP contribution < -0.4 is 15.4 Å². The highest BCUT2D eigenvalue weighted by molar-refractivity contribution is 7.90. The minimum atomic E-state index is -4.72. The highest BCUT2D eigenvalue weighted by Crippen LogP contribution is 2.38. The lowest BCUT2D eigenvalue weighted by Crippen LogP contribution is -2.43. The van der Waals surface area contributed by atoms with Crippen LogP contribution in [0, 0.1) is 17.7 Å². The van der Waals surface area contributed by atoms with Crippen molar-refractivity contribution in [3.63, 3.8) is 0 Å². The molecule has 1 aromatic carbocycles. The molecule has 2 fully saturated rings. The molecule has 232 valence electrons. The summed E-state index contributed by atoms with van der Waals surface area (Å²) in [5.41, 5.74) is -1.46. The molecule has 0 radical (unpaired) electrons. The van der Waals surface area contributed by atoms with Crippen LogP contribution in [0.3, 0.4) is 0 Å². The number of aromatic nitrogens is 2. The van der Waals surface area contributed by atoms with E-state index < -0.39 is 33.3 Å². The first kappa shape index (κ1) is 31.9. The zero-order valence-corrected chi connectivity index (χ0v) is 24.7. The molecule has 1 saturated heterocycles. The van der Waals surface area contributed by atoms with Gasteiger partial charge in [0.05, 0.1) is 35.4 Å². The van der Waals surface area contributed by atoms with Crippen molar-refractivity contribution in [2.75, 3.05) is 44.6 Å². The van der Waals surface area contributed by atoms with Gasteiger partial charge in [-0.25, -0.2) is 22.8 Å². The predicted molar refractivity (Wildman–Crippen MR) is 150 cm³/mol. The molecule has 0 spiro atoms. The van der Waals surface area contributed by atoms with Crippen molar-refractivity contribution in [1.29, 1.82) is 0 Å². The minimum Gasteiger partial charge on any atom is -0.495 e. The Morgan fingerprint density at radius 1 is 1.12 bits per heavy atom. The van der Waals surface area contributed by atoms with Gasteiger partial charge < -0.3 is 20.3 Å². The maximum atomic E-state index is 15.1. The first-order valence-electron chi connectivity index (χ1n) is 14.0. The number of hydrogen-bond acceptors (Lipinski definition) is 8. The Labute approximate surface area is 243 Å². The van der Waals surface area contributed by atoms with Crippen molar-refractivity contribution in [2.24, 2.45) is 11.8 Å². The smallest absolute Gasteiger partial charge is 0.419 e. The highest BCUT2D eigenvalue weighted by atomic mass is 32.2. The summed E-state index contributed by atoms with van der Waals surface area (Å²) in [4.78, 5) is 22.9. The average Bonchev–Trinajstić information content (AvgIpc) is 2.90. The fraction of sp³-hybridized carbons (Fsp3) is 0.607. The molecular formula is C28H37F4N5O4S. The molecule has 9 nitrogen and oxygen atoms in total. The van der Waals surface area contributed by atoms with E-state index in [0.29, 0.717) is 19.0 Å². The molecule has 2 N–H and O–H groups in total. The molecule has 1 saturated carbocycles. The van der Waals surface area contributed by atoms with Crippen LogP contribution in [0.2, 0.25) is 0 Å². The van der Waals surface area contributed by atoms with Crippen LogP contribution in [0.1, 0.15) is 60.1 Å². The van der Waals surface area contributed by atoms with Gasteiger partial charge in [0.1, 0.15) is 21.4 Å². The first-order chi connectivity index (χ1) is 19.7. The van der Waals surface area contributed by atoms with E-state index in [1.54, 1.807) is 0 Å². The summed E-state index contributed by atoms with van der Waals surface area (Å²) in [6.07, 6.45) is 1.29. The Morgan fingerprint density at radius 3 is 2.40 bits per heavy atom. The fourth-order valence-corrected chi connectivity index (χ4v) is 7.03. The Kier molecular flexibility index (Phi) is 9.96. The monoisotopic (exact) mass is 615 g/mol. The number of nitrogens with zero attached hydrogens (tertiary/aromatic N) is 3. The SMILES string of the molecule is COc1cc(C(=O)NC2CCN(C)CC2)c(F)cc1Nc1ncc(C(F)(F)F)c(C[C@@H]2CCCC[C@H]2CS(C)(=O)=O)n1. The minimum absolute atomic E-state index is 0.0316. The largest absolute Gasteiger partial charge is 0.495 e. The number of likely N-dealkylation sites (tertiary alicyclic amines) is 1. The zero-order chi connectivity index (χ0) is 30.7. The van der Waals surface area contributed by atoms with E-state index in [-0.39, 0.29) is 58.7 Å². The summed E-state index contributed by atoms with van der Waals surface area (Å²) in [5, 5.41) is 5.59. The van der Waals surface area contributed by atoms with Gasteiger partial charge in [0.25, 0.3) is 5.91 Å². The number of rotatable bonds is 9. The lowest BCUT2D eigenvalue weighted by molar-refractivity contribution is -0.138. The van der Waals surface area contributed by atoms with E-state index in [1.807, 2.05) is 7.05 Å². The summed E-state index contributed by atoms with van der Waals surface area (Å²) in [6.45, 7) is 1.63. The van der Waals surface area contributed by atoms with Crippen LogP contribution in [-0.4, -0.2) is 74.5 Å². The maximum Gasteiger partial charge on any atom is 0.419 e. The third-order valence-corrected chi connectivity index (χ3v) is 9.08. The molecule has 1 aliphatic heterocycles. The molecule has 2 aliphatic rings. The number of piperidine rings is 1. The molecular weight excluding hydrogens is 578 g/mol. The molecule has 2 heterocycles. The Bertz CT molecular complexity index is 1380. The van der Waals surface area contributed by atoms with E-state index in [9.17, 15) is 26.4 Å². The molecule has 14 heteroatoms. The predicted octanol–water partition coefficient (Wildman–Crippen LogP) is 4.60. The molecule has 2 aromatic rings. The van der Waals surface area contributed by atoms with E-state index in [4.69, 9.17) is 4.74 Å². The van der Waals surface area contributed by atoms with E-state index in [2.05, 4.69) is 25.5 Å². The lowest BCUT2D eigenvalue weighted by atomic mass is 9.77. The van der Waals surface area contributed by atoms with Gasteiger partial charge in [-0.3, -0.25) is 4.79 Å². The summed E-state index contributed by atoms with van der Waals surface area (Å²) < 4.78 is 86.1. The molecule has 4 rings (SSSR count). The van der Waals surface area contributed by atoms with Crippen LogP contribution in [-0.2, 0) is 22.4 Å². The number of hydrogen-bond donors (Lipinski definition) is 2. The summed E-state index contributed by atoms with van der Waals surface area (Å²) in [7, 11) is -0.00571. The molecule has 0 unspecified atom stereocenters. The first-order valence-corrected chi connectivity index (χ1v) is 16.0. The Morgan fingerprint density at radius 2 is 1.79 bits per heavy atom. The lowest BCUT2D eigenvalue weighted by Gasteiger charge is -2.31. The van der Waals surface area contributed by atoms with Crippen LogP contribution in [0.15, 0.2) is 18.3 Å². The molecule has 42 heavy (non-hydrogen) atoms. The van der Waals surface area contributed by atoms with Crippen molar-refractivity contribution in [1.82, 2.24) is 20.2 Å². The van der Waals surface area contributed by atoms with Gasteiger partial charge >= 0.3 is 6.18 Å². The average molecular weight is 616 g/mol. The fourth-order valence-electron chi connectivity index (χ4n) is 5.81. The normalized spacial score (nSPS) is 20.7. The zero-order valence-electron chi connectivity index (χ0n) is 23.9. The number of carbonyl (C=O) groups excluding carboxylic acids is 1. The molecule has 1 aliphatic carbocycles. The van der Waals surface area contributed by atoms with Gasteiger partial charge in [-0.15, -0.1) is 0 Å². The van der Waals surface area contributed by atoms with Gasteiger partial charge in [0, 0.05) is 24.6 Å². The Hall–Kier alpha value is -3.00. The summed E-state index contributed by atoms with van der Waals surface area (Å²) in [5.74, 6) is -2.23. The topological polar surface area (TPSA) is 114 Å². The van der Waals surface area contributed by atoms with Crippen molar-refractivity contribution < 1.29 is 35.5 Å². The van der Waals surface area contributed by atoms with Crippen molar-refractivity contribution in [3.05, 3.63) is 41.0 Å². The second-order valence-corrected chi connectivity index (χ2v) is 13.5. The molecule has 2 atom stereocenters. The molecule has 0 bridgehead atoms. The van der Waals surface area contributed by atoms with E-state index in [1.165, 1.54) is 13.2 Å². The summed E-state index contributed by atoms with van der Waals surface area (Å²) in [6, 6.07) is 2.16. The van der Waals surface area contributed by atoms with E-state index >= 15 is 4.39 Å². The van der Waals surface area contributed by atoms with E-state index in [0.717, 1.165) is 51.1 Å². The van der Waals surface area contributed by atoms with Gasteiger partial charge in [-0.1, -0.05) is 12.8 Å². The van der Waals surface area contributed by atoms with Gasteiger partial charge in [-0.05, 0) is 70.1 Å². The van der Waals surface area contributed by atoms with Gasteiger partial charge in [-0.2, -0.15) is 13.2 Å². The van der Waals surface area contributed by atoms with Crippen LogP contribution in [0.5, 0.6) is 5.75 Å². The van der Waals surface area contributed by atoms with Crippen LogP contribution in [0.25, 0.3) is 0 Å². The third kappa shape index (κ3) is 8.30. The number of nitrogens with one attached hydrogen (secondary N) is 2. The standard InChI is InChI=1S/C28H37F4N5O4S/c1-37-10-8-19(9-11-37)34-26(38)20-13-25(41-2)24(14-22(20)29)36-27-33-15-21(28(30,31)32)23(35-27)12-17-6-4-5-7-18(17)16-42(3,39)40/h13-15,17-19H,4-12,16H2,1-3H3,(H,34,38)(H,33,35,36)/t17-,18-/m0/s1. The number of ether oxygens (including phenoxy) is 1. The van der Waals surface area contributed by atoms with Gasteiger partial charge in [0.15, 0.2) is 0 Å². The number of halogens is 4. The van der Waals surface area contributed by atoms with Crippen molar-refractivity contribution in [2.45, 2.75) is 57.2 Å². The molecule has 1 amide bonds. The Balaban J connectivity index is 1.58. The van der Waals surface area contributed by atoms with Crippen LogP contribution in [0.4, 0.5) is 29.2 Å². The number of carbonyl (C=O) groups is 1. The quantitative estimate of drug-likeness (QED) is 0.394. The number of methoxy groups -OCH3 is 1. The maximum absolute atomic E-state index is 15.1. The highest BCUT2D eigenvalue weighted by Gasteiger charge is 2.37.